The van der Waals surface area contributed by atoms with Gasteiger partial charge in [0.2, 0.25) is 0 Å². The van der Waals surface area contributed by atoms with E-state index >= 15 is 0 Å². The van der Waals surface area contributed by atoms with E-state index < -0.39 is 0 Å². The Morgan fingerprint density at radius 1 is 1.27 bits per heavy atom. The maximum atomic E-state index is 5.74. The van der Waals surface area contributed by atoms with Gasteiger partial charge in [0.25, 0.3) is 0 Å². The van der Waals surface area contributed by atoms with E-state index in [0.717, 1.165) is 11.4 Å². The Morgan fingerprint density at radius 3 is 2.53 bits per heavy atom. The molecular weight excluding hydrogens is 188 g/mol. The lowest BCUT2D eigenvalue weighted by Crippen LogP contribution is -2.15. The molecule has 84 valence electrons. The van der Waals surface area contributed by atoms with Gasteiger partial charge in [-0.2, -0.15) is 0 Å². The third kappa shape index (κ3) is 2.20. The van der Waals surface area contributed by atoms with Crippen molar-refractivity contribution >= 4 is 0 Å². The number of nitrogens with two attached hydrogens (primary N) is 1. The average molecular weight is 208 g/mol. The Labute approximate surface area is 90.8 Å². The summed E-state index contributed by atoms with van der Waals surface area (Å²) >= 11 is 0. The molecule has 15 heavy (non-hydrogen) atoms. The zero-order valence-electron chi connectivity index (χ0n) is 9.45. The highest BCUT2D eigenvalue weighted by atomic mass is 15.4. The minimum Gasteiger partial charge on any atom is -0.325 e. The molecule has 2 rings (SSSR count). The third-order valence-electron chi connectivity index (χ3n) is 3.35. The van der Waals surface area contributed by atoms with Crippen LogP contribution >= 0.6 is 0 Å². The minimum absolute atomic E-state index is 0.534. The topological polar surface area (TPSA) is 56.7 Å². The summed E-state index contributed by atoms with van der Waals surface area (Å²) in [6, 6.07) is 0.534. The van der Waals surface area contributed by atoms with Crippen LogP contribution < -0.4 is 5.73 Å². The fraction of sp³-hybridized carbons (Fsp3) is 0.818. The lowest BCUT2D eigenvalue weighted by atomic mass is 10.1. The highest BCUT2D eigenvalue weighted by molar-refractivity contribution is 5.08. The normalized spacial score (nSPS) is 19.1. The monoisotopic (exact) mass is 208 g/mol. The summed E-state index contributed by atoms with van der Waals surface area (Å²) in [5, 5.41) is 8.36. The molecular formula is C11H20N4. The molecule has 0 aliphatic heterocycles. The van der Waals surface area contributed by atoms with E-state index in [1.165, 1.54) is 38.5 Å². The van der Waals surface area contributed by atoms with E-state index in [1.807, 2.05) is 6.92 Å². The first-order valence-corrected chi connectivity index (χ1v) is 5.93. The molecule has 0 bridgehead atoms. The molecule has 1 saturated carbocycles. The first-order chi connectivity index (χ1) is 7.33. The van der Waals surface area contributed by atoms with Gasteiger partial charge in [0, 0.05) is 6.54 Å². The number of nitrogens with zero attached hydrogens (tertiary/aromatic N) is 3. The maximum absolute atomic E-state index is 5.74. The second-order valence-electron chi connectivity index (χ2n) is 4.42. The quantitative estimate of drug-likeness (QED) is 0.756. The molecule has 0 amide bonds. The van der Waals surface area contributed by atoms with Crippen LogP contribution in [0, 0.1) is 6.92 Å². The van der Waals surface area contributed by atoms with Crippen LogP contribution in [0.4, 0.5) is 0 Å². The van der Waals surface area contributed by atoms with Crippen molar-refractivity contribution in [3.05, 3.63) is 11.4 Å². The summed E-state index contributed by atoms with van der Waals surface area (Å²) in [6.07, 6.45) is 7.82. The molecule has 1 heterocycles. The molecule has 0 atom stereocenters. The Morgan fingerprint density at radius 2 is 1.93 bits per heavy atom. The lowest BCUT2D eigenvalue weighted by molar-refractivity contribution is 0.385. The molecule has 0 saturated heterocycles. The molecule has 4 nitrogen and oxygen atoms in total. The highest BCUT2D eigenvalue weighted by Gasteiger charge is 2.18. The van der Waals surface area contributed by atoms with Gasteiger partial charge in [-0.15, -0.1) is 5.10 Å². The number of hydrogen-bond donors (Lipinski definition) is 1. The maximum Gasteiger partial charge on any atom is 0.0841 e. The number of hydrogen-bond acceptors (Lipinski definition) is 3. The first-order valence-electron chi connectivity index (χ1n) is 5.93. The minimum atomic E-state index is 0.534. The zero-order valence-corrected chi connectivity index (χ0v) is 9.45. The Balaban J connectivity index is 2.19. The fourth-order valence-corrected chi connectivity index (χ4v) is 2.43. The molecule has 1 aliphatic carbocycles. The Kier molecular flexibility index (Phi) is 3.36. The molecule has 1 aliphatic rings. The standard InChI is InChI=1S/C11H20N4/c1-9-11(8-12)15(14-13-9)10-6-4-2-3-5-7-10/h10H,2-8,12H2,1H3. The van der Waals surface area contributed by atoms with Gasteiger partial charge < -0.3 is 5.73 Å². The van der Waals surface area contributed by atoms with Gasteiger partial charge in [0.1, 0.15) is 0 Å². The van der Waals surface area contributed by atoms with Crippen molar-refractivity contribution in [3.8, 4) is 0 Å². The van der Waals surface area contributed by atoms with E-state index in [0.29, 0.717) is 12.6 Å². The summed E-state index contributed by atoms with van der Waals surface area (Å²) in [7, 11) is 0. The number of rotatable bonds is 2. The van der Waals surface area contributed by atoms with Crippen LogP contribution in [-0.4, -0.2) is 15.0 Å². The molecule has 0 aromatic carbocycles. The molecule has 0 spiro atoms. The molecule has 2 N–H and O–H groups in total. The van der Waals surface area contributed by atoms with Crippen molar-refractivity contribution in [1.29, 1.82) is 0 Å². The number of aryl methyl sites for hydroxylation is 1. The predicted octanol–water partition coefficient (Wildman–Crippen LogP) is 1.94. The summed E-state index contributed by atoms with van der Waals surface area (Å²) < 4.78 is 2.07. The van der Waals surface area contributed by atoms with E-state index in [2.05, 4.69) is 15.0 Å². The van der Waals surface area contributed by atoms with Crippen LogP contribution in [0.2, 0.25) is 0 Å². The molecule has 1 aromatic heterocycles. The van der Waals surface area contributed by atoms with E-state index in [-0.39, 0.29) is 0 Å². The van der Waals surface area contributed by atoms with Crippen molar-refractivity contribution in [2.45, 2.75) is 58.0 Å². The van der Waals surface area contributed by atoms with Crippen LogP contribution in [0.3, 0.4) is 0 Å². The van der Waals surface area contributed by atoms with Crippen LogP contribution in [0.25, 0.3) is 0 Å². The van der Waals surface area contributed by atoms with Gasteiger partial charge >= 0.3 is 0 Å². The third-order valence-corrected chi connectivity index (χ3v) is 3.35. The van der Waals surface area contributed by atoms with Gasteiger partial charge in [-0.25, -0.2) is 4.68 Å². The van der Waals surface area contributed by atoms with Gasteiger partial charge in [-0.3, -0.25) is 0 Å². The van der Waals surface area contributed by atoms with Crippen LogP contribution in [-0.2, 0) is 6.54 Å². The van der Waals surface area contributed by atoms with E-state index in [4.69, 9.17) is 5.73 Å². The smallest absolute Gasteiger partial charge is 0.0841 e. The van der Waals surface area contributed by atoms with Crippen molar-refractivity contribution < 1.29 is 0 Å². The van der Waals surface area contributed by atoms with Crippen LogP contribution in [0.5, 0.6) is 0 Å². The molecule has 0 radical (unpaired) electrons. The first kappa shape index (κ1) is 10.6. The average Bonchev–Trinajstić information content (AvgIpc) is 2.48. The van der Waals surface area contributed by atoms with Gasteiger partial charge in [-0.1, -0.05) is 30.9 Å². The summed E-state index contributed by atoms with van der Waals surface area (Å²) in [6.45, 7) is 2.54. The van der Waals surface area contributed by atoms with Gasteiger partial charge in [0.05, 0.1) is 17.4 Å². The van der Waals surface area contributed by atoms with Gasteiger partial charge in [-0.05, 0) is 19.8 Å². The van der Waals surface area contributed by atoms with Gasteiger partial charge in [0.15, 0.2) is 0 Å². The lowest BCUT2D eigenvalue weighted by Gasteiger charge is -2.16. The van der Waals surface area contributed by atoms with Crippen LogP contribution in [0.1, 0.15) is 56.0 Å². The number of aromatic nitrogens is 3. The molecule has 1 fully saturated rings. The summed E-state index contributed by atoms with van der Waals surface area (Å²) in [4.78, 5) is 0. The Hall–Kier alpha value is -0.900. The molecule has 0 unspecified atom stereocenters. The molecule has 1 aromatic rings. The zero-order chi connectivity index (χ0) is 10.7. The summed E-state index contributed by atoms with van der Waals surface area (Å²) in [5.41, 5.74) is 7.84. The van der Waals surface area contributed by atoms with Crippen LogP contribution in [0.15, 0.2) is 0 Å². The van der Waals surface area contributed by atoms with Crippen molar-refractivity contribution in [3.63, 3.8) is 0 Å². The fourth-order valence-electron chi connectivity index (χ4n) is 2.43. The Bertz CT molecular complexity index is 310. The summed E-state index contributed by atoms with van der Waals surface area (Å²) in [5.74, 6) is 0. The molecule has 4 heteroatoms. The second-order valence-corrected chi connectivity index (χ2v) is 4.42. The van der Waals surface area contributed by atoms with E-state index in [1.54, 1.807) is 0 Å². The largest absolute Gasteiger partial charge is 0.325 e. The van der Waals surface area contributed by atoms with E-state index in [9.17, 15) is 0 Å². The van der Waals surface area contributed by atoms with Crippen molar-refractivity contribution in [1.82, 2.24) is 15.0 Å². The second kappa shape index (κ2) is 4.75. The highest BCUT2D eigenvalue weighted by Crippen LogP contribution is 2.27. The SMILES string of the molecule is Cc1nnn(C2CCCCCC2)c1CN. The predicted molar refractivity (Wildman–Crippen MR) is 59.4 cm³/mol. The van der Waals surface area contributed by atoms with Crippen molar-refractivity contribution in [2.24, 2.45) is 5.73 Å². The van der Waals surface area contributed by atoms with Crippen molar-refractivity contribution in [2.75, 3.05) is 0 Å².